The normalized spacial score (nSPS) is 15.2. The molecule has 6 nitrogen and oxygen atoms in total. The fourth-order valence-electron chi connectivity index (χ4n) is 3.79. The third kappa shape index (κ3) is 3.57. The van der Waals surface area contributed by atoms with Crippen molar-refractivity contribution in [3.8, 4) is 0 Å². The summed E-state index contributed by atoms with van der Waals surface area (Å²) in [6, 6.07) is 11.7. The number of nitrogens with zero attached hydrogens (tertiary/aromatic N) is 4. The minimum atomic E-state index is -0.0242. The zero-order valence-electron chi connectivity index (χ0n) is 15.9. The van der Waals surface area contributed by atoms with Crippen LogP contribution in [0.5, 0.6) is 0 Å². The lowest BCUT2D eigenvalue weighted by atomic mass is 9.94. The number of piperidine rings is 1. The second kappa shape index (κ2) is 7.48. The summed E-state index contributed by atoms with van der Waals surface area (Å²) in [4.78, 5) is 19.2. The van der Waals surface area contributed by atoms with Crippen molar-refractivity contribution in [2.75, 3.05) is 20.1 Å². The largest absolute Gasteiger partial charge is 0.336 e. The van der Waals surface area contributed by atoms with Crippen molar-refractivity contribution < 1.29 is 4.79 Å². The molecule has 1 fully saturated rings. The van der Waals surface area contributed by atoms with Crippen LogP contribution in [0.3, 0.4) is 0 Å². The van der Waals surface area contributed by atoms with E-state index in [-0.39, 0.29) is 5.91 Å². The fraction of sp³-hybridized carbons (Fsp3) is 0.381. The highest BCUT2D eigenvalue weighted by atomic mass is 16.2. The number of hydrogen-bond acceptors (Lipinski definition) is 4. The van der Waals surface area contributed by atoms with Crippen LogP contribution in [-0.2, 0) is 13.6 Å². The molecular formula is C21H25N5O. The van der Waals surface area contributed by atoms with Crippen molar-refractivity contribution in [2.45, 2.75) is 25.3 Å². The predicted molar refractivity (Wildman–Crippen MR) is 106 cm³/mol. The van der Waals surface area contributed by atoms with Gasteiger partial charge in [-0.1, -0.05) is 18.2 Å². The first-order valence-electron chi connectivity index (χ1n) is 9.46. The minimum Gasteiger partial charge on any atom is -0.336 e. The summed E-state index contributed by atoms with van der Waals surface area (Å²) in [5, 5.41) is 9.08. The van der Waals surface area contributed by atoms with E-state index in [2.05, 4.69) is 16.4 Å². The van der Waals surface area contributed by atoms with Gasteiger partial charge in [0.2, 0.25) is 0 Å². The number of aryl methyl sites for hydroxylation is 1. The highest BCUT2D eigenvalue weighted by Crippen LogP contribution is 2.25. The van der Waals surface area contributed by atoms with Crippen LogP contribution < -0.4 is 5.32 Å². The van der Waals surface area contributed by atoms with Crippen molar-refractivity contribution in [1.29, 1.82) is 0 Å². The van der Waals surface area contributed by atoms with Crippen LogP contribution in [0.4, 0.5) is 0 Å². The highest BCUT2D eigenvalue weighted by molar-refractivity contribution is 6.05. The third-order valence-electron chi connectivity index (χ3n) is 5.36. The number of para-hydroxylation sites is 1. The van der Waals surface area contributed by atoms with Gasteiger partial charge < -0.3 is 10.2 Å². The molecule has 140 valence electrons. The van der Waals surface area contributed by atoms with Crippen molar-refractivity contribution >= 4 is 16.8 Å². The first-order chi connectivity index (χ1) is 13.1. The number of rotatable bonds is 4. The summed E-state index contributed by atoms with van der Waals surface area (Å²) >= 11 is 0. The van der Waals surface area contributed by atoms with Gasteiger partial charge in [-0.2, -0.15) is 5.10 Å². The summed E-state index contributed by atoms with van der Waals surface area (Å²) in [7, 11) is 3.79. The van der Waals surface area contributed by atoms with Gasteiger partial charge in [0.05, 0.1) is 29.0 Å². The number of aromatic nitrogens is 3. The molecule has 0 bridgehead atoms. The first kappa shape index (κ1) is 17.7. The second-order valence-corrected chi connectivity index (χ2v) is 7.25. The van der Waals surface area contributed by atoms with E-state index in [0.717, 1.165) is 48.2 Å². The predicted octanol–water partition coefficient (Wildman–Crippen LogP) is 2.71. The zero-order chi connectivity index (χ0) is 18.8. The van der Waals surface area contributed by atoms with Gasteiger partial charge in [-0.3, -0.25) is 14.5 Å². The molecule has 0 aliphatic carbocycles. The van der Waals surface area contributed by atoms with E-state index in [1.807, 2.05) is 49.1 Å². The molecule has 2 aromatic heterocycles. The molecule has 1 aliphatic heterocycles. The van der Waals surface area contributed by atoms with E-state index in [1.54, 1.807) is 11.1 Å². The van der Waals surface area contributed by atoms with E-state index < -0.39 is 0 Å². The Labute approximate surface area is 159 Å². The van der Waals surface area contributed by atoms with Gasteiger partial charge in [0.1, 0.15) is 0 Å². The number of carbonyl (C=O) groups excluding carboxylic acids is 1. The van der Waals surface area contributed by atoms with Gasteiger partial charge in [-0.05, 0) is 44.1 Å². The first-order valence-corrected chi connectivity index (χ1v) is 9.46. The Bertz CT molecular complexity index is 953. The molecule has 1 N–H and O–H groups in total. The van der Waals surface area contributed by atoms with Gasteiger partial charge in [0, 0.05) is 31.6 Å². The van der Waals surface area contributed by atoms with Gasteiger partial charge in [0.15, 0.2) is 0 Å². The molecule has 0 atom stereocenters. The second-order valence-electron chi connectivity index (χ2n) is 7.25. The Morgan fingerprint density at radius 1 is 1.26 bits per heavy atom. The summed E-state index contributed by atoms with van der Waals surface area (Å²) in [5.74, 6) is 0.485. The van der Waals surface area contributed by atoms with Crippen LogP contribution in [0.1, 0.15) is 40.5 Å². The Balaban J connectivity index is 1.54. The van der Waals surface area contributed by atoms with E-state index in [4.69, 9.17) is 5.10 Å². The number of hydrogen-bond donors (Lipinski definition) is 1. The summed E-state index contributed by atoms with van der Waals surface area (Å²) in [5.41, 5.74) is 3.57. The Kier molecular flexibility index (Phi) is 4.90. The number of nitrogens with one attached hydrogen (secondary N) is 1. The van der Waals surface area contributed by atoms with E-state index >= 15 is 0 Å². The fourth-order valence-corrected chi connectivity index (χ4v) is 3.79. The van der Waals surface area contributed by atoms with Crippen LogP contribution in [-0.4, -0.2) is 45.7 Å². The van der Waals surface area contributed by atoms with E-state index in [1.165, 1.54) is 0 Å². The summed E-state index contributed by atoms with van der Waals surface area (Å²) in [6.45, 7) is 2.61. The Morgan fingerprint density at radius 3 is 2.85 bits per heavy atom. The topological polar surface area (TPSA) is 63.1 Å². The van der Waals surface area contributed by atoms with Crippen LogP contribution in [0.15, 0.2) is 42.6 Å². The maximum atomic E-state index is 13.0. The number of carbonyl (C=O) groups is 1. The molecule has 27 heavy (non-hydrogen) atoms. The molecule has 1 aliphatic rings. The Morgan fingerprint density at radius 2 is 2.04 bits per heavy atom. The lowest BCUT2D eigenvalue weighted by Gasteiger charge is -2.20. The van der Waals surface area contributed by atoms with Crippen molar-refractivity contribution in [2.24, 2.45) is 7.05 Å². The van der Waals surface area contributed by atoms with Crippen molar-refractivity contribution in [3.63, 3.8) is 0 Å². The van der Waals surface area contributed by atoms with Gasteiger partial charge in [-0.15, -0.1) is 0 Å². The number of pyridine rings is 1. The van der Waals surface area contributed by atoms with Crippen LogP contribution >= 0.6 is 0 Å². The minimum absolute atomic E-state index is 0.0242. The standard InChI is InChI=1S/C21H25N5O/c1-25(21(27)18-7-3-5-16-6-4-10-23-20(16)18)14-17-13-19(24-26(17)2)15-8-11-22-12-9-15/h3-7,10,13,15,22H,8-9,11-12,14H2,1-2H3. The molecule has 1 amide bonds. The zero-order valence-corrected chi connectivity index (χ0v) is 15.9. The molecule has 0 unspecified atom stereocenters. The van der Waals surface area contributed by atoms with Crippen LogP contribution in [0, 0.1) is 0 Å². The van der Waals surface area contributed by atoms with E-state index in [9.17, 15) is 4.79 Å². The molecule has 3 aromatic rings. The lowest BCUT2D eigenvalue weighted by molar-refractivity contribution is 0.0783. The molecule has 6 heteroatoms. The summed E-state index contributed by atoms with van der Waals surface area (Å²) < 4.78 is 1.91. The average molecular weight is 363 g/mol. The van der Waals surface area contributed by atoms with Crippen LogP contribution in [0.2, 0.25) is 0 Å². The molecule has 4 rings (SSSR count). The SMILES string of the molecule is CN(Cc1cc(C2CCNCC2)nn1C)C(=O)c1cccc2cccnc12. The van der Waals surface area contributed by atoms with Gasteiger partial charge >= 0.3 is 0 Å². The van der Waals surface area contributed by atoms with Gasteiger partial charge in [-0.25, -0.2) is 0 Å². The molecule has 0 spiro atoms. The Hall–Kier alpha value is -2.73. The molecule has 1 saturated heterocycles. The average Bonchev–Trinajstić information content (AvgIpc) is 3.08. The molecule has 0 saturated carbocycles. The third-order valence-corrected chi connectivity index (χ3v) is 5.36. The van der Waals surface area contributed by atoms with E-state index in [0.29, 0.717) is 18.0 Å². The van der Waals surface area contributed by atoms with Crippen molar-refractivity contribution in [1.82, 2.24) is 25.0 Å². The smallest absolute Gasteiger partial charge is 0.256 e. The van der Waals surface area contributed by atoms with Crippen LogP contribution in [0.25, 0.3) is 10.9 Å². The van der Waals surface area contributed by atoms with Crippen molar-refractivity contribution in [3.05, 3.63) is 59.5 Å². The lowest BCUT2D eigenvalue weighted by Crippen LogP contribution is -2.27. The molecule has 0 radical (unpaired) electrons. The van der Waals surface area contributed by atoms with Gasteiger partial charge in [0.25, 0.3) is 5.91 Å². The maximum absolute atomic E-state index is 13.0. The number of benzene rings is 1. The number of fused-ring (bicyclic) bond motifs is 1. The highest BCUT2D eigenvalue weighted by Gasteiger charge is 2.21. The molecule has 3 heterocycles. The summed E-state index contributed by atoms with van der Waals surface area (Å²) in [6.07, 6.45) is 3.96. The molecule has 1 aromatic carbocycles. The molecular weight excluding hydrogens is 338 g/mol. The quantitative estimate of drug-likeness (QED) is 0.774. The number of amides is 1. The maximum Gasteiger partial charge on any atom is 0.256 e. The monoisotopic (exact) mass is 363 g/mol.